The molecule has 1 radical (unpaired) electrons. The highest BCUT2D eigenvalue weighted by Crippen LogP contribution is 2.31. The highest BCUT2D eigenvalue weighted by atomic mass is 16.5. The van der Waals surface area contributed by atoms with Crippen molar-refractivity contribution < 1.29 is 9.47 Å². The van der Waals surface area contributed by atoms with Crippen LogP contribution in [0.15, 0.2) is 18.2 Å². The summed E-state index contributed by atoms with van der Waals surface area (Å²) >= 11 is 0. The lowest BCUT2D eigenvalue weighted by Crippen LogP contribution is -1.90. The van der Waals surface area contributed by atoms with E-state index >= 15 is 0 Å². The summed E-state index contributed by atoms with van der Waals surface area (Å²) in [5.74, 6) is 1.41. The van der Waals surface area contributed by atoms with Crippen LogP contribution in [0.3, 0.4) is 0 Å². The van der Waals surface area contributed by atoms with E-state index in [1.54, 1.807) is 14.2 Å². The van der Waals surface area contributed by atoms with Gasteiger partial charge in [-0.2, -0.15) is 5.10 Å². The Kier molecular flexibility index (Phi) is 2.81. The Labute approximate surface area is 94.2 Å². The predicted molar refractivity (Wildman–Crippen MR) is 60.7 cm³/mol. The molecular weight excluding hydrogens is 204 g/mol. The first-order valence-corrected chi connectivity index (χ1v) is 4.91. The zero-order valence-corrected chi connectivity index (χ0v) is 9.50. The maximum absolute atomic E-state index is 5.23. The topological polar surface area (TPSA) is 47.1 Å². The summed E-state index contributed by atoms with van der Waals surface area (Å²) in [6.45, 7) is 1.89. The molecule has 0 aliphatic carbocycles. The Balaban J connectivity index is 2.43. The van der Waals surface area contributed by atoms with Gasteiger partial charge in [-0.15, -0.1) is 0 Å². The molecule has 2 rings (SSSR count). The van der Waals surface area contributed by atoms with Crippen LogP contribution in [0.5, 0.6) is 11.5 Å². The molecule has 0 saturated carbocycles. The van der Waals surface area contributed by atoms with E-state index in [-0.39, 0.29) is 0 Å². The van der Waals surface area contributed by atoms with Crippen molar-refractivity contribution in [2.75, 3.05) is 14.2 Å². The summed E-state index contributed by atoms with van der Waals surface area (Å²) in [5, 5.41) is 6.95. The first-order chi connectivity index (χ1) is 7.74. The molecule has 1 aromatic carbocycles. The van der Waals surface area contributed by atoms with Gasteiger partial charge in [-0.3, -0.25) is 5.10 Å². The van der Waals surface area contributed by atoms with Crippen molar-refractivity contribution in [2.45, 2.75) is 6.92 Å². The number of aromatic nitrogens is 2. The maximum atomic E-state index is 5.23. The first kappa shape index (κ1) is 10.5. The van der Waals surface area contributed by atoms with Gasteiger partial charge in [-0.05, 0) is 25.1 Å². The van der Waals surface area contributed by atoms with Crippen LogP contribution < -0.4 is 9.47 Å². The van der Waals surface area contributed by atoms with Crippen LogP contribution in [0.25, 0.3) is 11.3 Å². The van der Waals surface area contributed by atoms with Gasteiger partial charge in [-0.25, -0.2) is 0 Å². The minimum absolute atomic E-state index is 0.695. The molecule has 0 bridgehead atoms. The zero-order chi connectivity index (χ0) is 11.5. The van der Waals surface area contributed by atoms with Crippen molar-refractivity contribution in [3.8, 4) is 22.8 Å². The van der Waals surface area contributed by atoms with Gasteiger partial charge >= 0.3 is 0 Å². The standard InChI is InChI=1S/C12H13N2O2/c1-8-6-10(14-13-8)9-4-5-11(15-2)12(7-9)16-3/h4-5,7H,1-3H3,(H,13,14). The van der Waals surface area contributed by atoms with Crippen LogP contribution >= 0.6 is 0 Å². The van der Waals surface area contributed by atoms with E-state index in [0.29, 0.717) is 11.5 Å². The fourth-order valence-corrected chi connectivity index (χ4v) is 1.51. The lowest BCUT2D eigenvalue weighted by Gasteiger charge is -2.08. The second kappa shape index (κ2) is 4.26. The van der Waals surface area contributed by atoms with Gasteiger partial charge in [0.2, 0.25) is 0 Å². The van der Waals surface area contributed by atoms with Crippen molar-refractivity contribution in [3.05, 3.63) is 30.0 Å². The van der Waals surface area contributed by atoms with E-state index in [1.807, 2.05) is 25.1 Å². The summed E-state index contributed by atoms with van der Waals surface area (Å²) in [6.07, 6.45) is 0. The van der Waals surface area contributed by atoms with Gasteiger partial charge in [0, 0.05) is 11.6 Å². The molecule has 0 atom stereocenters. The Morgan fingerprint density at radius 1 is 1.19 bits per heavy atom. The number of nitrogens with zero attached hydrogens (tertiary/aromatic N) is 1. The molecule has 16 heavy (non-hydrogen) atoms. The van der Waals surface area contributed by atoms with Crippen molar-refractivity contribution in [3.63, 3.8) is 0 Å². The number of hydrogen-bond donors (Lipinski definition) is 1. The van der Waals surface area contributed by atoms with E-state index < -0.39 is 0 Å². The van der Waals surface area contributed by atoms with Crippen LogP contribution in [0.1, 0.15) is 5.69 Å². The number of benzene rings is 1. The maximum Gasteiger partial charge on any atom is 0.161 e. The molecule has 1 aromatic heterocycles. The lowest BCUT2D eigenvalue weighted by atomic mass is 10.1. The number of ether oxygens (including phenoxy) is 2. The number of aromatic amines is 1. The molecule has 83 valence electrons. The fraction of sp³-hybridized carbons (Fsp3) is 0.250. The average molecular weight is 217 g/mol. The van der Waals surface area contributed by atoms with Crippen molar-refractivity contribution in [1.29, 1.82) is 0 Å². The summed E-state index contributed by atoms with van der Waals surface area (Å²) < 4.78 is 10.4. The van der Waals surface area contributed by atoms with Gasteiger partial charge in [0.15, 0.2) is 11.5 Å². The Morgan fingerprint density at radius 2 is 1.94 bits per heavy atom. The van der Waals surface area contributed by atoms with Crippen LogP contribution in [-0.4, -0.2) is 24.4 Å². The second-order valence-corrected chi connectivity index (χ2v) is 3.38. The molecule has 0 aliphatic rings. The molecule has 0 spiro atoms. The van der Waals surface area contributed by atoms with Crippen LogP contribution in [0, 0.1) is 13.0 Å². The number of H-pyrrole nitrogens is 1. The SMILES string of the molecule is COc1ccc(-c2[c]c(C)n[nH]2)cc1OC. The lowest BCUT2D eigenvalue weighted by molar-refractivity contribution is 0.355. The third kappa shape index (κ3) is 1.86. The average Bonchev–Trinajstić information content (AvgIpc) is 2.75. The van der Waals surface area contributed by atoms with Crippen LogP contribution in [0.4, 0.5) is 0 Å². The van der Waals surface area contributed by atoms with E-state index in [9.17, 15) is 0 Å². The molecular formula is C12H13N2O2. The number of nitrogens with one attached hydrogen (secondary N) is 1. The van der Waals surface area contributed by atoms with Gasteiger partial charge < -0.3 is 9.47 Å². The Bertz CT molecular complexity index is 492. The summed E-state index contributed by atoms with van der Waals surface area (Å²) in [6, 6.07) is 8.80. The number of aryl methyl sites for hydroxylation is 1. The zero-order valence-electron chi connectivity index (χ0n) is 9.50. The molecule has 0 amide bonds. The highest BCUT2D eigenvalue weighted by molar-refractivity contribution is 5.63. The minimum atomic E-state index is 0.695. The van der Waals surface area contributed by atoms with Crippen LogP contribution in [0.2, 0.25) is 0 Å². The Morgan fingerprint density at radius 3 is 2.50 bits per heavy atom. The van der Waals surface area contributed by atoms with Crippen molar-refractivity contribution >= 4 is 0 Å². The quantitative estimate of drug-likeness (QED) is 0.857. The van der Waals surface area contributed by atoms with Crippen molar-refractivity contribution in [2.24, 2.45) is 0 Å². The molecule has 0 saturated heterocycles. The molecule has 4 heteroatoms. The molecule has 1 heterocycles. The predicted octanol–water partition coefficient (Wildman–Crippen LogP) is 2.20. The number of methoxy groups -OCH3 is 2. The second-order valence-electron chi connectivity index (χ2n) is 3.38. The molecule has 1 N–H and O–H groups in total. The number of rotatable bonds is 3. The minimum Gasteiger partial charge on any atom is -0.493 e. The highest BCUT2D eigenvalue weighted by Gasteiger charge is 2.07. The fourth-order valence-electron chi connectivity index (χ4n) is 1.51. The monoisotopic (exact) mass is 217 g/mol. The normalized spacial score (nSPS) is 10.2. The van der Waals surface area contributed by atoms with Gasteiger partial charge in [0.1, 0.15) is 0 Å². The Hall–Kier alpha value is -1.97. The molecule has 0 fully saturated rings. The van der Waals surface area contributed by atoms with E-state index in [0.717, 1.165) is 17.0 Å². The first-order valence-electron chi connectivity index (χ1n) is 4.91. The van der Waals surface area contributed by atoms with E-state index in [4.69, 9.17) is 9.47 Å². The molecule has 4 nitrogen and oxygen atoms in total. The summed E-state index contributed by atoms with van der Waals surface area (Å²) in [7, 11) is 3.23. The molecule has 2 aromatic rings. The van der Waals surface area contributed by atoms with Gasteiger partial charge in [0.25, 0.3) is 0 Å². The van der Waals surface area contributed by atoms with Crippen molar-refractivity contribution in [1.82, 2.24) is 10.2 Å². The molecule has 0 unspecified atom stereocenters. The molecule has 0 aliphatic heterocycles. The summed E-state index contributed by atoms with van der Waals surface area (Å²) in [5.41, 5.74) is 2.65. The van der Waals surface area contributed by atoms with Crippen LogP contribution in [-0.2, 0) is 0 Å². The smallest absolute Gasteiger partial charge is 0.161 e. The summed E-state index contributed by atoms with van der Waals surface area (Å²) in [4.78, 5) is 0. The largest absolute Gasteiger partial charge is 0.493 e. The van der Waals surface area contributed by atoms with E-state index in [2.05, 4.69) is 16.3 Å². The van der Waals surface area contributed by atoms with E-state index in [1.165, 1.54) is 0 Å². The van der Waals surface area contributed by atoms with Gasteiger partial charge in [-0.1, -0.05) is 0 Å². The third-order valence-corrected chi connectivity index (χ3v) is 2.31. The van der Waals surface area contributed by atoms with Gasteiger partial charge in [0.05, 0.1) is 25.6 Å². The third-order valence-electron chi connectivity index (χ3n) is 2.31. The number of hydrogen-bond acceptors (Lipinski definition) is 3.